The molecule has 84 valence electrons. The lowest BCUT2D eigenvalue weighted by molar-refractivity contribution is 0.438. The van der Waals surface area contributed by atoms with Crippen LogP contribution in [0.5, 0.6) is 5.75 Å². The van der Waals surface area contributed by atoms with Crippen molar-refractivity contribution in [3.63, 3.8) is 0 Å². The lowest BCUT2D eigenvalue weighted by atomic mass is 10.2. The van der Waals surface area contributed by atoms with Gasteiger partial charge in [0.05, 0.1) is 0 Å². The van der Waals surface area contributed by atoms with Gasteiger partial charge in [-0.25, -0.2) is 0 Å². The van der Waals surface area contributed by atoms with Crippen molar-refractivity contribution in [2.24, 2.45) is 0 Å². The lowest BCUT2D eigenvalue weighted by Gasteiger charge is -2.11. The Kier molecular flexibility index (Phi) is 4.13. The summed E-state index contributed by atoms with van der Waals surface area (Å²) in [5.41, 5.74) is 0. The van der Waals surface area contributed by atoms with Gasteiger partial charge in [0.15, 0.2) is 0 Å². The molecule has 0 saturated heterocycles. The molecule has 1 aromatic carbocycles. The van der Waals surface area contributed by atoms with E-state index in [1.807, 2.05) is 18.2 Å². The van der Waals surface area contributed by atoms with Gasteiger partial charge in [0.25, 0.3) is 0 Å². The average Bonchev–Trinajstić information content (AvgIpc) is 2.30. The minimum Gasteiger partial charge on any atom is -0.458 e. The van der Waals surface area contributed by atoms with Crippen LogP contribution in [0.3, 0.4) is 0 Å². The molecule has 16 heavy (non-hydrogen) atoms. The second-order valence-electron chi connectivity index (χ2n) is 3.51. The first kappa shape index (κ1) is 11.8. The van der Waals surface area contributed by atoms with Crippen molar-refractivity contribution in [2.75, 3.05) is 6.26 Å². The van der Waals surface area contributed by atoms with E-state index in [1.54, 1.807) is 11.8 Å². The molecule has 0 radical (unpaired) electrons. The zero-order chi connectivity index (χ0) is 11.4. The van der Waals surface area contributed by atoms with Crippen LogP contribution >= 0.6 is 27.7 Å². The third kappa shape index (κ3) is 3.16. The first-order valence-corrected chi connectivity index (χ1v) is 7.18. The van der Waals surface area contributed by atoms with E-state index in [0.29, 0.717) is 0 Å². The van der Waals surface area contributed by atoms with Crippen LogP contribution in [-0.4, -0.2) is 6.26 Å². The largest absolute Gasteiger partial charge is 0.458 e. The highest BCUT2D eigenvalue weighted by molar-refractivity contribution is 9.11. The summed E-state index contributed by atoms with van der Waals surface area (Å²) in [6.45, 7) is 0. The zero-order valence-corrected chi connectivity index (χ0v) is 11.5. The van der Waals surface area contributed by atoms with Crippen molar-refractivity contribution in [3.8, 4) is 5.75 Å². The average molecular weight is 297 g/mol. The summed E-state index contributed by atoms with van der Waals surface area (Å²) in [6.07, 6.45) is 8.33. The van der Waals surface area contributed by atoms with Crippen molar-refractivity contribution in [1.82, 2.24) is 0 Å². The molecule has 2 rings (SSSR count). The molecule has 0 aromatic heterocycles. The summed E-state index contributed by atoms with van der Waals surface area (Å²) < 4.78 is 6.97. The van der Waals surface area contributed by atoms with Crippen molar-refractivity contribution < 1.29 is 4.74 Å². The molecular formula is C13H13BrOS. The fraction of sp³-hybridized carbons (Fsp3) is 0.231. The Labute approximate surface area is 109 Å². The van der Waals surface area contributed by atoms with Gasteiger partial charge in [-0.15, -0.1) is 11.8 Å². The standard InChI is InChI=1S/C13H13BrOS/c1-16-13-7-5-11(6-8-13)15-12-4-2-3-10(14)9-12/h4-9H,2-3H2,1H3. The summed E-state index contributed by atoms with van der Waals surface area (Å²) in [7, 11) is 0. The molecule has 1 aromatic rings. The fourth-order valence-corrected chi connectivity index (χ4v) is 2.35. The van der Waals surface area contributed by atoms with Crippen LogP contribution in [0.2, 0.25) is 0 Å². The van der Waals surface area contributed by atoms with Crippen LogP contribution in [0.25, 0.3) is 0 Å². The second kappa shape index (κ2) is 5.60. The van der Waals surface area contributed by atoms with Gasteiger partial charge in [-0.2, -0.15) is 0 Å². The number of ether oxygens (including phenoxy) is 1. The van der Waals surface area contributed by atoms with Gasteiger partial charge < -0.3 is 4.74 Å². The van der Waals surface area contributed by atoms with Gasteiger partial charge in [-0.05, 0) is 60.0 Å². The highest BCUT2D eigenvalue weighted by Crippen LogP contribution is 2.25. The van der Waals surface area contributed by atoms with E-state index in [2.05, 4.69) is 40.4 Å². The van der Waals surface area contributed by atoms with E-state index >= 15 is 0 Å². The van der Waals surface area contributed by atoms with Gasteiger partial charge in [-0.3, -0.25) is 0 Å². The van der Waals surface area contributed by atoms with Gasteiger partial charge >= 0.3 is 0 Å². The van der Waals surface area contributed by atoms with E-state index in [0.717, 1.165) is 24.4 Å². The maximum atomic E-state index is 5.77. The summed E-state index contributed by atoms with van der Waals surface area (Å²) in [5.74, 6) is 1.82. The molecule has 0 heterocycles. The summed E-state index contributed by atoms with van der Waals surface area (Å²) >= 11 is 5.24. The minimum atomic E-state index is 0.891. The molecule has 0 aliphatic heterocycles. The molecule has 1 nitrogen and oxygen atoms in total. The van der Waals surface area contributed by atoms with Crippen molar-refractivity contribution in [3.05, 3.63) is 46.7 Å². The fourth-order valence-electron chi connectivity index (χ4n) is 1.49. The third-order valence-corrected chi connectivity index (χ3v) is 3.69. The molecule has 0 fully saturated rings. The summed E-state index contributed by atoms with van der Waals surface area (Å²) in [6, 6.07) is 8.15. The van der Waals surface area contributed by atoms with Crippen molar-refractivity contribution in [2.45, 2.75) is 17.7 Å². The van der Waals surface area contributed by atoms with Gasteiger partial charge in [-0.1, -0.05) is 15.9 Å². The Morgan fingerprint density at radius 1 is 1.25 bits per heavy atom. The number of allylic oxidation sites excluding steroid dienone is 3. The van der Waals surface area contributed by atoms with E-state index in [-0.39, 0.29) is 0 Å². The Balaban J connectivity index is 2.06. The van der Waals surface area contributed by atoms with Gasteiger partial charge in [0, 0.05) is 4.90 Å². The van der Waals surface area contributed by atoms with Gasteiger partial charge in [0.2, 0.25) is 0 Å². The van der Waals surface area contributed by atoms with Gasteiger partial charge in [0.1, 0.15) is 11.5 Å². The van der Waals surface area contributed by atoms with Crippen LogP contribution < -0.4 is 4.74 Å². The molecule has 1 aliphatic carbocycles. The van der Waals surface area contributed by atoms with E-state index in [1.165, 1.54) is 9.38 Å². The Bertz CT molecular complexity index is 420. The molecule has 0 N–H and O–H groups in total. The number of hydrogen-bond acceptors (Lipinski definition) is 2. The monoisotopic (exact) mass is 296 g/mol. The number of hydrogen-bond donors (Lipinski definition) is 0. The Hall–Kier alpha value is -0.670. The van der Waals surface area contributed by atoms with Crippen LogP contribution in [-0.2, 0) is 0 Å². The van der Waals surface area contributed by atoms with Crippen LogP contribution in [0.15, 0.2) is 51.6 Å². The molecule has 0 spiro atoms. The zero-order valence-electron chi connectivity index (χ0n) is 9.07. The molecule has 0 atom stereocenters. The molecule has 0 unspecified atom stereocenters. The first-order valence-electron chi connectivity index (χ1n) is 5.16. The SMILES string of the molecule is CSc1ccc(OC2=CCCC(Br)=C2)cc1. The number of thioether (sulfide) groups is 1. The van der Waals surface area contributed by atoms with Crippen molar-refractivity contribution in [1.29, 1.82) is 0 Å². The molecule has 3 heteroatoms. The van der Waals surface area contributed by atoms with Crippen LogP contribution in [0.4, 0.5) is 0 Å². The summed E-state index contributed by atoms with van der Waals surface area (Å²) in [5, 5.41) is 0. The van der Waals surface area contributed by atoms with Crippen LogP contribution in [0, 0.1) is 0 Å². The van der Waals surface area contributed by atoms with E-state index < -0.39 is 0 Å². The van der Waals surface area contributed by atoms with Crippen LogP contribution in [0.1, 0.15) is 12.8 Å². The molecule has 0 saturated carbocycles. The summed E-state index contributed by atoms with van der Waals surface area (Å²) in [4.78, 5) is 1.25. The maximum absolute atomic E-state index is 5.77. The predicted octanol–water partition coefficient (Wildman–Crippen LogP) is 4.74. The van der Waals surface area contributed by atoms with Crippen molar-refractivity contribution >= 4 is 27.7 Å². The molecule has 0 amide bonds. The molecule has 1 aliphatic rings. The van der Waals surface area contributed by atoms with E-state index in [4.69, 9.17) is 4.74 Å². The molecular weight excluding hydrogens is 284 g/mol. The molecule has 0 bridgehead atoms. The third-order valence-electron chi connectivity index (χ3n) is 2.32. The number of benzene rings is 1. The highest BCUT2D eigenvalue weighted by atomic mass is 79.9. The second-order valence-corrected chi connectivity index (χ2v) is 5.41. The predicted molar refractivity (Wildman–Crippen MR) is 73.2 cm³/mol. The maximum Gasteiger partial charge on any atom is 0.127 e. The number of halogens is 1. The Morgan fingerprint density at radius 3 is 2.62 bits per heavy atom. The first-order chi connectivity index (χ1) is 7.78. The Morgan fingerprint density at radius 2 is 2.00 bits per heavy atom. The topological polar surface area (TPSA) is 9.23 Å². The normalized spacial score (nSPS) is 15.4. The quantitative estimate of drug-likeness (QED) is 0.745. The smallest absolute Gasteiger partial charge is 0.127 e. The lowest BCUT2D eigenvalue weighted by Crippen LogP contribution is -1.96. The van der Waals surface area contributed by atoms with E-state index in [9.17, 15) is 0 Å². The minimum absolute atomic E-state index is 0.891. The highest BCUT2D eigenvalue weighted by Gasteiger charge is 2.04. The number of rotatable bonds is 3.